The Kier molecular flexibility index (Phi) is 4.36. The Labute approximate surface area is 149 Å². The van der Waals surface area contributed by atoms with E-state index in [1.54, 1.807) is 23.4 Å². The Morgan fingerprint density at radius 2 is 1.92 bits per heavy atom. The molecular weight excluding hydrogens is 336 g/mol. The summed E-state index contributed by atoms with van der Waals surface area (Å²) in [6.07, 6.45) is 0.889. The van der Waals surface area contributed by atoms with Crippen LogP contribution in [0.5, 0.6) is 11.5 Å². The van der Waals surface area contributed by atoms with Crippen molar-refractivity contribution in [2.45, 2.75) is 17.1 Å². The second-order valence-electron chi connectivity index (χ2n) is 5.86. The fourth-order valence-corrected chi connectivity index (χ4v) is 3.68. The summed E-state index contributed by atoms with van der Waals surface area (Å²) in [4.78, 5) is 18.2. The minimum absolute atomic E-state index is 0.0140. The molecule has 3 aromatic rings. The lowest BCUT2D eigenvalue weighted by molar-refractivity contribution is 0.297. The fraction of sp³-hybridized carbons (Fsp3) is 0.263. The molecule has 5 nitrogen and oxygen atoms in total. The maximum atomic E-state index is 12.5. The highest BCUT2D eigenvalue weighted by Gasteiger charge is 2.12. The van der Waals surface area contributed by atoms with E-state index in [9.17, 15) is 4.79 Å². The lowest BCUT2D eigenvalue weighted by atomic mass is 10.2. The molecule has 0 amide bonds. The first-order valence-electron chi connectivity index (χ1n) is 8.19. The van der Waals surface area contributed by atoms with Gasteiger partial charge < -0.3 is 9.47 Å². The van der Waals surface area contributed by atoms with E-state index in [1.165, 1.54) is 0 Å². The van der Waals surface area contributed by atoms with E-state index in [-0.39, 0.29) is 5.56 Å². The van der Waals surface area contributed by atoms with Crippen molar-refractivity contribution in [1.29, 1.82) is 0 Å². The van der Waals surface area contributed by atoms with E-state index in [1.807, 2.05) is 42.5 Å². The molecule has 0 radical (unpaired) electrons. The van der Waals surface area contributed by atoms with Gasteiger partial charge >= 0.3 is 0 Å². The number of para-hydroxylation sites is 1. The van der Waals surface area contributed by atoms with Gasteiger partial charge in [-0.2, -0.15) is 0 Å². The van der Waals surface area contributed by atoms with E-state index in [4.69, 9.17) is 9.47 Å². The van der Waals surface area contributed by atoms with Crippen molar-refractivity contribution in [3.63, 3.8) is 0 Å². The van der Waals surface area contributed by atoms with Crippen LogP contribution in [0.15, 0.2) is 52.2 Å². The standard InChI is InChI=1S/C19H18N2O3S/c1-21-18(20-15-6-3-2-5-14(15)19(21)22)12-25-13-7-8-16-17(11-13)24-10-4-9-23-16/h2-3,5-8,11H,4,9-10,12H2,1H3. The van der Waals surface area contributed by atoms with Crippen LogP contribution in [0.25, 0.3) is 10.9 Å². The molecule has 0 saturated heterocycles. The molecule has 1 aromatic heterocycles. The Hall–Kier alpha value is -2.47. The number of nitrogens with zero attached hydrogens (tertiary/aromatic N) is 2. The van der Waals surface area contributed by atoms with Gasteiger partial charge in [-0.3, -0.25) is 9.36 Å². The molecule has 1 aliphatic heterocycles. The number of rotatable bonds is 3. The topological polar surface area (TPSA) is 53.4 Å². The first kappa shape index (κ1) is 16.0. The van der Waals surface area contributed by atoms with Crippen LogP contribution in [0.4, 0.5) is 0 Å². The van der Waals surface area contributed by atoms with E-state index in [0.29, 0.717) is 24.4 Å². The minimum Gasteiger partial charge on any atom is -0.490 e. The molecule has 128 valence electrons. The molecule has 25 heavy (non-hydrogen) atoms. The average Bonchev–Trinajstić information content (AvgIpc) is 2.88. The smallest absolute Gasteiger partial charge is 0.261 e. The summed E-state index contributed by atoms with van der Waals surface area (Å²) >= 11 is 1.63. The molecule has 0 fully saturated rings. The Bertz CT molecular complexity index is 984. The van der Waals surface area contributed by atoms with Crippen LogP contribution in [0.3, 0.4) is 0 Å². The predicted octanol–water partition coefficient (Wildman–Crippen LogP) is 3.39. The zero-order valence-corrected chi connectivity index (χ0v) is 14.7. The third-order valence-electron chi connectivity index (χ3n) is 4.16. The van der Waals surface area contributed by atoms with Crippen LogP contribution in [0.2, 0.25) is 0 Å². The maximum absolute atomic E-state index is 12.5. The highest BCUT2D eigenvalue weighted by atomic mass is 32.2. The van der Waals surface area contributed by atoms with Gasteiger partial charge in [-0.1, -0.05) is 12.1 Å². The first-order chi connectivity index (χ1) is 12.2. The summed E-state index contributed by atoms with van der Waals surface area (Å²) in [5.74, 6) is 2.93. The van der Waals surface area contributed by atoms with Crippen LogP contribution in [0.1, 0.15) is 12.2 Å². The zero-order chi connectivity index (χ0) is 17.2. The van der Waals surface area contributed by atoms with Gasteiger partial charge in [0.15, 0.2) is 11.5 Å². The Morgan fingerprint density at radius 3 is 2.80 bits per heavy atom. The largest absolute Gasteiger partial charge is 0.490 e. The quantitative estimate of drug-likeness (QED) is 0.675. The van der Waals surface area contributed by atoms with Gasteiger partial charge in [0.05, 0.1) is 29.9 Å². The van der Waals surface area contributed by atoms with Gasteiger partial charge in [0.2, 0.25) is 0 Å². The fourth-order valence-electron chi connectivity index (χ4n) is 2.77. The van der Waals surface area contributed by atoms with Crippen LogP contribution in [0, 0.1) is 0 Å². The molecule has 0 N–H and O–H groups in total. The van der Waals surface area contributed by atoms with Gasteiger partial charge in [0.25, 0.3) is 5.56 Å². The Balaban J connectivity index is 1.59. The van der Waals surface area contributed by atoms with Crippen molar-refractivity contribution in [3.8, 4) is 11.5 Å². The van der Waals surface area contributed by atoms with E-state index < -0.39 is 0 Å². The van der Waals surface area contributed by atoms with Crippen molar-refractivity contribution in [3.05, 3.63) is 58.6 Å². The lowest BCUT2D eigenvalue weighted by Crippen LogP contribution is -2.21. The number of benzene rings is 2. The molecule has 0 unspecified atom stereocenters. The van der Waals surface area contributed by atoms with Gasteiger partial charge in [-0.05, 0) is 30.3 Å². The average molecular weight is 354 g/mol. The molecule has 1 aliphatic rings. The number of thioether (sulfide) groups is 1. The lowest BCUT2D eigenvalue weighted by Gasteiger charge is -2.11. The SMILES string of the molecule is Cn1c(CSc2ccc3c(c2)OCCCO3)nc2ccccc2c1=O. The number of fused-ring (bicyclic) bond motifs is 2. The van der Waals surface area contributed by atoms with Crippen molar-refractivity contribution in [2.75, 3.05) is 13.2 Å². The van der Waals surface area contributed by atoms with Crippen LogP contribution >= 0.6 is 11.8 Å². The Morgan fingerprint density at radius 1 is 1.12 bits per heavy atom. The number of ether oxygens (including phenoxy) is 2. The van der Waals surface area contributed by atoms with Gasteiger partial charge in [0.1, 0.15) is 5.82 Å². The summed E-state index contributed by atoms with van der Waals surface area (Å²) in [5.41, 5.74) is 0.722. The van der Waals surface area contributed by atoms with Crippen LogP contribution in [-0.2, 0) is 12.8 Å². The molecule has 2 aromatic carbocycles. The predicted molar refractivity (Wildman–Crippen MR) is 98.6 cm³/mol. The van der Waals surface area contributed by atoms with E-state index in [2.05, 4.69) is 4.98 Å². The van der Waals surface area contributed by atoms with Crippen molar-refractivity contribution in [1.82, 2.24) is 9.55 Å². The van der Waals surface area contributed by atoms with Crippen molar-refractivity contribution < 1.29 is 9.47 Å². The normalized spacial score (nSPS) is 13.6. The van der Waals surface area contributed by atoms with Crippen molar-refractivity contribution in [2.24, 2.45) is 7.05 Å². The zero-order valence-electron chi connectivity index (χ0n) is 13.9. The molecule has 2 heterocycles. The maximum Gasteiger partial charge on any atom is 0.261 e. The van der Waals surface area contributed by atoms with E-state index in [0.717, 1.165) is 34.2 Å². The van der Waals surface area contributed by atoms with Gasteiger partial charge in [-0.25, -0.2) is 4.98 Å². The number of aromatic nitrogens is 2. The highest BCUT2D eigenvalue weighted by molar-refractivity contribution is 7.98. The molecular formula is C19H18N2O3S. The summed E-state index contributed by atoms with van der Waals surface area (Å²) in [6.45, 7) is 1.35. The van der Waals surface area contributed by atoms with Gasteiger partial charge in [0, 0.05) is 18.4 Å². The van der Waals surface area contributed by atoms with Crippen LogP contribution in [-0.4, -0.2) is 22.8 Å². The first-order valence-corrected chi connectivity index (χ1v) is 9.18. The summed E-state index contributed by atoms with van der Waals surface area (Å²) in [5, 5.41) is 0.648. The second kappa shape index (κ2) is 6.80. The molecule has 0 aliphatic carbocycles. The molecule has 0 atom stereocenters. The third kappa shape index (κ3) is 3.22. The third-order valence-corrected chi connectivity index (χ3v) is 5.15. The van der Waals surface area contributed by atoms with Crippen LogP contribution < -0.4 is 15.0 Å². The number of hydrogen-bond acceptors (Lipinski definition) is 5. The molecule has 0 spiro atoms. The molecule has 4 rings (SSSR count). The summed E-state index contributed by atoms with van der Waals surface area (Å²) in [7, 11) is 1.77. The number of hydrogen-bond donors (Lipinski definition) is 0. The summed E-state index contributed by atoms with van der Waals surface area (Å²) < 4.78 is 13.0. The molecule has 0 saturated carbocycles. The summed E-state index contributed by atoms with van der Waals surface area (Å²) in [6, 6.07) is 13.4. The van der Waals surface area contributed by atoms with E-state index >= 15 is 0 Å². The minimum atomic E-state index is -0.0140. The van der Waals surface area contributed by atoms with Crippen molar-refractivity contribution >= 4 is 22.7 Å². The molecule has 6 heteroatoms. The second-order valence-corrected chi connectivity index (χ2v) is 6.91. The van der Waals surface area contributed by atoms with Gasteiger partial charge in [-0.15, -0.1) is 11.8 Å². The highest BCUT2D eigenvalue weighted by Crippen LogP contribution is 2.34. The molecule has 0 bridgehead atoms. The monoisotopic (exact) mass is 354 g/mol.